The molecule has 0 aliphatic heterocycles. The number of hydrogen-bond acceptors (Lipinski definition) is 3. The van der Waals surface area contributed by atoms with Crippen molar-refractivity contribution in [1.29, 1.82) is 0 Å². The van der Waals surface area contributed by atoms with Gasteiger partial charge in [0.15, 0.2) is 0 Å². The first-order valence-electron chi connectivity index (χ1n) is 6.56. The SMILES string of the molecule is CCC1CCC(O)C(N(C)CCCOC)C1. The van der Waals surface area contributed by atoms with Gasteiger partial charge in [0.2, 0.25) is 0 Å². The third-order valence-electron chi connectivity index (χ3n) is 3.89. The minimum Gasteiger partial charge on any atom is -0.391 e. The standard InChI is InChI=1S/C13H27NO2/c1-4-11-6-7-13(15)12(10-11)14(2)8-5-9-16-3/h11-13,15H,4-10H2,1-3H3. The molecule has 3 atom stereocenters. The van der Waals surface area contributed by atoms with Crippen molar-refractivity contribution >= 4 is 0 Å². The number of likely N-dealkylation sites (N-methyl/N-ethyl adjacent to an activating group) is 1. The summed E-state index contributed by atoms with van der Waals surface area (Å²) in [7, 11) is 3.87. The molecule has 0 saturated heterocycles. The Morgan fingerprint density at radius 1 is 1.38 bits per heavy atom. The third-order valence-corrected chi connectivity index (χ3v) is 3.89. The first-order valence-corrected chi connectivity index (χ1v) is 6.56. The summed E-state index contributed by atoms with van der Waals surface area (Å²) in [4.78, 5) is 2.31. The fraction of sp³-hybridized carbons (Fsp3) is 1.00. The van der Waals surface area contributed by atoms with Crippen LogP contribution in [0.5, 0.6) is 0 Å². The second-order valence-corrected chi connectivity index (χ2v) is 5.05. The van der Waals surface area contributed by atoms with Crippen LogP contribution in [0.3, 0.4) is 0 Å². The number of nitrogens with zero attached hydrogens (tertiary/aromatic N) is 1. The topological polar surface area (TPSA) is 32.7 Å². The Labute approximate surface area is 99.8 Å². The van der Waals surface area contributed by atoms with Gasteiger partial charge in [-0.15, -0.1) is 0 Å². The maximum absolute atomic E-state index is 10.0. The van der Waals surface area contributed by atoms with E-state index in [4.69, 9.17) is 4.74 Å². The van der Waals surface area contributed by atoms with E-state index in [9.17, 15) is 5.11 Å². The van der Waals surface area contributed by atoms with Crippen molar-refractivity contribution in [1.82, 2.24) is 4.90 Å². The van der Waals surface area contributed by atoms with E-state index >= 15 is 0 Å². The van der Waals surface area contributed by atoms with Crippen LogP contribution in [0.4, 0.5) is 0 Å². The van der Waals surface area contributed by atoms with Crippen molar-refractivity contribution in [2.45, 2.75) is 51.2 Å². The molecule has 3 heteroatoms. The van der Waals surface area contributed by atoms with Crippen LogP contribution in [-0.4, -0.2) is 49.5 Å². The molecule has 0 spiro atoms. The fourth-order valence-corrected chi connectivity index (χ4v) is 2.68. The van der Waals surface area contributed by atoms with Crippen LogP contribution in [0, 0.1) is 5.92 Å². The Balaban J connectivity index is 2.36. The minimum absolute atomic E-state index is 0.129. The highest BCUT2D eigenvalue weighted by Crippen LogP contribution is 2.29. The monoisotopic (exact) mass is 229 g/mol. The average Bonchev–Trinajstić information content (AvgIpc) is 2.30. The van der Waals surface area contributed by atoms with Gasteiger partial charge < -0.3 is 14.7 Å². The van der Waals surface area contributed by atoms with E-state index in [0.29, 0.717) is 6.04 Å². The average molecular weight is 229 g/mol. The molecule has 3 nitrogen and oxygen atoms in total. The van der Waals surface area contributed by atoms with Gasteiger partial charge in [0.05, 0.1) is 6.10 Å². The van der Waals surface area contributed by atoms with Crippen LogP contribution in [0.2, 0.25) is 0 Å². The summed E-state index contributed by atoms with van der Waals surface area (Å²) in [5, 5.41) is 10.0. The summed E-state index contributed by atoms with van der Waals surface area (Å²) >= 11 is 0. The zero-order valence-electron chi connectivity index (χ0n) is 11.0. The van der Waals surface area contributed by atoms with Gasteiger partial charge >= 0.3 is 0 Å². The number of hydrogen-bond donors (Lipinski definition) is 1. The zero-order valence-corrected chi connectivity index (χ0v) is 11.0. The van der Waals surface area contributed by atoms with Crippen molar-refractivity contribution in [2.75, 3.05) is 27.3 Å². The molecule has 0 aromatic carbocycles. The summed E-state index contributed by atoms with van der Waals surface area (Å²) in [6, 6.07) is 0.357. The Bertz CT molecular complexity index is 187. The van der Waals surface area contributed by atoms with Gasteiger partial charge in [-0.3, -0.25) is 0 Å². The lowest BCUT2D eigenvalue weighted by molar-refractivity contribution is 0.0110. The Hall–Kier alpha value is -0.120. The molecule has 0 heterocycles. The number of aliphatic hydroxyl groups excluding tert-OH is 1. The molecule has 1 aliphatic carbocycles. The zero-order chi connectivity index (χ0) is 12.0. The van der Waals surface area contributed by atoms with Gasteiger partial charge in [-0.25, -0.2) is 0 Å². The lowest BCUT2D eigenvalue weighted by Crippen LogP contribution is -2.45. The second kappa shape index (κ2) is 7.25. The Morgan fingerprint density at radius 2 is 2.12 bits per heavy atom. The van der Waals surface area contributed by atoms with Crippen LogP contribution in [-0.2, 0) is 4.74 Å². The van der Waals surface area contributed by atoms with E-state index in [1.54, 1.807) is 7.11 Å². The van der Waals surface area contributed by atoms with Gasteiger partial charge in [-0.1, -0.05) is 13.3 Å². The molecule has 1 saturated carbocycles. The molecule has 1 fully saturated rings. The van der Waals surface area contributed by atoms with Crippen LogP contribution in [0.15, 0.2) is 0 Å². The number of ether oxygens (including phenoxy) is 1. The van der Waals surface area contributed by atoms with E-state index in [-0.39, 0.29) is 6.10 Å². The summed E-state index contributed by atoms with van der Waals surface area (Å²) in [6.45, 7) is 4.08. The maximum atomic E-state index is 10.0. The van der Waals surface area contributed by atoms with E-state index in [0.717, 1.165) is 38.3 Å². The summed E-state index contributed by atoms with van der Waals surface area (Å²) < 4.78 is 5.06. The van der Waals surface area contributed by atoms with E-state index in [2.05, 4.69) is 18.9 Å². The molecule has 1 N–H and O–H groups in total. The lowest BCUT2D eigenvalue weighted by atomic mass is 9.82. The van der Waals surface area contributed by atoms with Crippen LogP contribution in [0.1, 0.15) is 39.0 Å². The van der Waals surface area contributed by atoms with E-state index in [1.807, 2.05) is 0 Å². The second-order valence-electron chi connectivity index (χ2n) is 5.05. The fourth-order valence-electron chi connectivity index (χ4n) is 2.68. The predicted molar refractivity (Wildman–Crippen MR) is 66.5 cm³/mol. The minimum atomic E-state index is -0.129. The molecule has 0 aromatic heterocycles. The molecule has 1 aliphatic rings. The molecule has 0 aromatic rings. The molecular formula is C13H27NO2. The normalized spacial score (nSPS) is 30.9. The molecule has 3 unspecified atom stereocenters. The third kappa shape index (κ3) is 4.04. The predicted octanol–water partition coefficient (Wildman–Crippen LogP) is 1.89. The quantitative estimate of drug-likeness (QED) is 0.706. The molecular weight excluding hydrogens is 202 g/mol. The lowest BCUT2D eigenvalue weighted by Gasteiger charge is -2.38. The van der Waals surface area contributed by atoms with Gasteiger partial charge in [-0.2, -0.15) is 0 Å². The summed E-state index contributed by atoms with van der Waals surface area (Å²) in [6.07, 6.45) is 5.48. The van der Waals surface area contributed by atoms with Gasteiger partial charge in [0.1, 0.15) is 0 Å². The molecule has 0 amide bonds. The van der Waals surface area contributed by atoms with E-state index < -0.39 is 0 Å². The highest BCUT2D eigenvalue weighted by Gasteiger charge is 2.30. The summed E-state index contributed by atoms with van der Waals surface area (Å²) in [5.41, 5.74) is 0. The van der Waals surface area contributed by atoms with Crippen LogP contribution in [0.25, 0.3) is 0 Å². The molecule has 0 bridgehead atoms. The van der Waals surface area contributed by atoms with Crippen LogP contribution < -0.4 is 0 Å². The van der Waals surface area contributed by atoms with Crippen molar-refractivity contribution in [2.24, 2.45) is 5.92 Å². The van der Waals surface area contributed by atoms with Crippen molar-refractivity contribution < 1.29 is 9.84 Å². The van der Waals surface area contributed by atoms with Crippen molar-refractivity contribution in [3.05, 3.63) is 0 Å². The van der Waals surface area contributed by atoms with Crippen molar-refractivity contribution in [3.8, 4) is 0 Å². The highest BCUT2D eigenvalue weighted by atomic mass is 16.5. The van der Waals surface area contributed by atoms with E-state index in [1.165, 1.54) is 12.8 Å². The molecule has 0 radical (unpaired) electrons. The summed E-state index contributed by atoms with van der Waals surface area (Å²) in [5.74, 6) is 0.804. The Kier molecular flexibility index (Phi) is 6.32. The molecule has 16 heavy (non-hydrogen) atoms. The first-order chi connectivity index (χ1) is 7.69. The van der Waals surface area contributed by atoms with Gasteiger partial charge in [-0.05, 0) is 38.6 Å². The van der Waals surface area contributed by atoms with Gasteiger partial charge in [0, 0.05) is 26.3 Å². The largest absolute Gasteiger partial charge is 0.391 e. The highest BCUT2D eigenvalue weighted by molar-refractivity contribution is 4.85. The number of rotatable bonds is 6. The Morgan fingerprint density at radius 3 is 2.75 bits per heavy atom. The smallest absolute Gasteiger partial charge is 0.0695 e. The number of aliphatic hydroxyl groups is 1. The first kappa shape index (κ1) is 13.9. The van der Waals surface area contributed by atoms with Crippen molar-refractivity contribution in [3.63, 3.8) is 0 Å². The molecule has 1 rings (SSSR count). The van der Waals surface area contributed by atoms with Crippen LogP contribution >= 0.6 is 0 Å². The maximum Gasteiger partial charge on any atom is 0.0695 e. The number of methoxy groups -OCH3 is 1. The molecule has 96 valence electrons. The van der Waals surface area contributed by atoms with Gasteiger partial charge in [0.25, 0.3) is 0 Å².